The summed E-state index contributed by atoms with van der Waals surface area (Å²) in [5, 5.41) is 18.7. The molecule has 1 amide bonds. The minimum atomic E-state index is -0.844. The third kappa shape index (κ3) is 6.47. The predicted octanol–water partition coefficient (Wildman–Crippen LogP) is 4.36. The van der Waals surface area contributed by atoms with Crippen molar-refractivity contribution < 1.29 is 19.1 Å². The summed E-state index contributed by atoms with van der Waals surface area (Å²) in [6.07, 6.45) is 3.63. The number of amides is 1. The van der Waals surface area contributed by atoms with Crippen LogP contribution in [0.5, 0.6) is 0 Å². The summed E-state index contributed by atoms with van der Waals surface area (Å²) >= 11 is 6.66. The van der Waals surface area contributed by atoms with Gasteiger partial charge in [-0.1, -0.05) is 42.5 Å². The molecule has 2 saturated heterocycles. The van der Waals surface area contributed by atoms with Crippen LogP contribution in [0, 0.1) is 24.1 Å². The zero-order chi connectivity index (χ0) is 29.7. The Morgan fingerprint density at radius 3 is 2.46 bits per heavy atom. The Labute approximate surface area is 247 Å². The summed E-state index contributed by atoms with van der Waals surface area (Å²) in [7, 11) is 0. The van der Waals surface area contributed by atoms with Gasteiger partial charge >= 0.3 is 5.97 Å². The lowest BCUT2D eigenvalue weighted by atomic mass is 10.0. The van der Waals surface area contributed by atoms with Crippen LogP contribution < -0.4 is 15.4 Å². The van der Waals surface area contributed by atoms with Crippen molar-refractivity contribution in [3.05, 3.63) is 62.0 Å². The van der Waals surface area contributed by atoms with Crippen molar-refractivity contribution in [2.45, 2.75) is 46.1 Å². The molecule has 0 spiro atoms. The van der Waals surface area contributed by atoms with Crippen molar-refractivity contribution in [3.8, 4) is 6.07 Å². The molecule has 0 saturated carbocycles. The van der Waals surface area contributed by atoms with Gasteiger partial charge in [-0.25, -0.2) is 4.39 Å². The highest BCUT2D eigenvalue weighted by Crippen LogP contribution is 2.36. The number of carboxylic acids is 1. The SMILES string of the molecule is CCn1c(N2CCN(c3ccccc3F)CC2)c(/C=C2/SC(=S)N(CCCCCC(=O)O)C2=O)c(C)c(C#N)c1=O. The Bertz CT molecular complexity index is 1490. The average Bonchev–Trinajstić information content (AvgIpc) is 3.22. The van der Waals surface area contributed by atoms with Gasteiger partial charge in [0, 0.05) is 51.3 Å². The number of halogens is 1. The molecule has 2 fully saturated rings. The molecule has 0 unspecified atom stereocenters. The third-order valence-corrected chi connectivity index (χ3v) is 8.73. The second-order valence-corrected chi connectivity index (χ2v) is 11.5. The largest absolute Gasteiger partial charge is 0.481 e. The highest BCUT2D eigenvalue weighted by atomic mass is 32.2. The first-order valence-corrected chi connectivity index (χ1v) is 14.8. The van der Waals surface area contributed by atoms with Crippen LogP contribution in [-0.4, -0.2) is 63.5 Å². The maximum Gasteiger partial charge on any atom is 0.303 e. The number of hydrogen-bond donors (Lipinski definition) is 1. The molecule has 41 heavy (non-hydrogen) atoms. The second-order valence-electron chi connectivity index (χ2n) is 9.86. The van der Waals surface area contributed by atoms with Crippen molar-refractivity contribution in [1.29, 1.82) is 5.26 Å². The van der Waals surface area contributed by atoms with Crippen LogP contribution in [0.25, 0.3) is 6.08 Å². The number of anilines is 2. The molecule has 1 N–H and O–H groups in total. The van der Waals surface area contributed by atoms with Crippen LogP contribution in [-0.2, 0) is 16.1 Å². The van der Waals surface area contributed by atoms with E-state index >= 15 is 0 Å². The number of aliphatic carboxylic acids is 1. The van der Waals surface area contributed by atoms with Gasteiger partial charge in [0.1, 0.15) is 27.6 Å². The molecule has 1 aromatic heterocycles. The number of unbranched alkanes of at least 4 members (excludes halogenated alkanes) is 2. The molecule has 3 heterocycles. The maximum absolute atomic E-state index is 14.4. The monoisotopic (exact) mass is 597 g/mol. The number of nitrogens with zero attached hydrogens (tertiary/aromatic N) is 5. The molecular weight excluding hydrogens is 565 g/mol. The lowest BCUT2D eigenvalue weighted by Gasteiger charge is -2.39. The number of benzene rings is 1. The minimum absolute atomic E-state index is 0.0285. The van der Waals surface area contributed by atoms with E-state index < -0.39 is 5.97 Å². The van der Waals surface area contributed by atoms with E-state index in [0.717, 1.165) is 0 Å². The number of thiocarbonyl (C=S) groups is 1. The molecule has 9 nitrogen and oxygen atoms in total. The standard InChI is InChI=1S/C29H32FN5O4S2/c1-3-34-26(33-15-13-32(14-16-33)23-10-7-6-9-22(23)30)20(19(2)21(18-31)27(34)38)17-24-28(39)35(29(40)41-24)12-8-4-5-11-25(36)37/h6-7,9-10,17H,3-5,8,11-16H2,1-2H3,(H,36,37)/b24-17+. The first kappa shape index (κ1) is 30.3. The topological polar surface area (TPSA) is 110 Å². The van der Waals surface area contributed by atoms with Gasteiger partial charge in [-0.2, -0.15) is 5.26 Å². The molecule has 1 aromatic carbocycles. The summed E-state index contributed by atoms with van der Waals surface area (Å²) in [6, 6.07) is 8.68. The molecule has 2 aromatic rings. The van der Waals surface area contributed by atoms with Crippen molar-refractivity contribution in [3.63, 3.8) is 0 Å². The van der Waals surface area contributed by atoms with Crippen molar-refractivity contribution in [2.75, 3.05) is 42.5 Å². The number of thioether (sulfide) groups is 1. The Morgan fingerprint density at radius 1 is 1.15 bits per heavy atom. The van der Waals surface area contributed by atoms with Gasteiger partial charge in [-0.3, -0.25) is 23.9 Å². The van der Waals surface area contributed by atoms with Crippen LogP contribution in [0.4, 0.5) is 15.9 Å². The number of rotatable bonds is 10. The van der Waals surface area contributed by atoms with Crippen LogP contribution >= 0.6 is 24.0 Å². The van der Waals surface area contributed by atoms with Gasteiger partial charge in [0.25, 0.3) is 11.5 Å². The predicted molar refractivity (Wildman–Crippen MR) is 163 cm³/mol. The van der Waals surface area contributed by atoms with E-state index in [4.69, 9.17) is 17.3 Å². The summed E-state index contributed by atoms with van der Waals surface area (Å²) in [4.78, 5) is 43.4. The average molecular weight is 598 g/mol. The van der Waals surface area contributed by atoms with Gasteiger partial charge in [0.05, 0.1) is 10.6 Å². The smallest absolute Gasteiger partial charge is 0.303 e. The molecule has 216 valence electrons. The fourth-order valence-electron chi connectivity index (χ4n) is 5.19. The molecular formula is C29H32FN5O4S2. The number of pyridine rings is 1. The van der Waals surface area contributed by atoms with E-state index in [0.29, 0.717) is 90.4 Å². The number of carbonyl (C=O) groups excluding carboxylic acids is 1. The lowest BCUT2D eigenvalue weighted by molar-refractivity contribution is -0.137. The quantitative estimate of drug-likeness (QED) is 0.243. The van der Waals surface area contributed by atoms with E-state index in [1.165, 1.54) is 22.7 Å². The van der Waals surface area contributed by atoms with E-state index in [-0.39, 0.29) is 29.3 Å². The van der Waals surface area contributed by atoms with Crippen LogP contribution in [0.2, 0.25) is 0 Å². The Kier molecular flexibility index (Phi) is 9.83. The van der Waals surface area contributed by atoms with Gasteiger partial charge in [0.15, 0.2) is 0 Å². The first-order valence-electron chi connectivity index (χ1n) is 13.6. The molecule has 2 aliphatic heterocycles. The molecule has 0 bridgehead atoms. The van der Waals surface area contributed by atoms with E-state index in [1.54, 1.807) is 35.8 Å². The highest BCUT2D eigenvalue weighted by Gasteiger charge is 2.33. The number of aromatic nitrogens is 1. The zero-order valence-corrected chi connectivity index (χ0v) is 24.7. The number of nitriles is 1. The van der Waals surface area contributed by atoms with Crippen LogP contribution in [0.3, 0.4) is 0 Å². The van der Waals surface area contributed by atoms with Crippen LogP contribution in [0.15, 0.2) is 34.0 Å². The molecule has 0 atom stereocenters. The zero-order valence-electron chi connectivity index (χ0n) is 23.1. The summed E-state index contributed by atoms with van der Waals surface area (Å²) < 4.78 is 16.4. The fraction of sp³-hybridized carbons (Fsp3) is 0.414. The van der Waals surface area contributed by atoms with Crippen LogP contribution in [0.1, 0.15) is 49.3 Å². The van der Waals surface area contributed by atoms with Crippen molar-refractivity contribution in [2.24, 2.45) is 0 Å². The Balaban J connectivity index is 1.65. The molecule has 0 aliphatic carbocycles. The summed E-state index contributed by atoms with van der Waals surface area (Å²) in [5.41, 5.74) is 1.28. The molecule has 12 heteroatoms. The number of carbonyl (C=O) groups is 2. The third-order valence-electron chi connectivity index (χ3n) is 7.36. The Hall–Kier alpha value is -3.69. The number of carboxylic acid groups (broad SMARTS) is 1. The normalized spacial score (nSPS) is 16.5. The first-order chi connectivity index (χ1) is 19.7. The van der Waals surface area contributed by atoms with E-state index in [9.17, 15) is 24.0 Å². The molecule has 2 aliphatic rings. The van der Waals surface area contributed by atoms with Gasteiger partial charge < -0.3 is 14.9 Å². The van der Waals surface area contributed by atoms with Gasteiger partial charge in [-0.05, 0) is 50.5 Å². The number of hydrogen-bond acceptors (Lipinski definition) is 8. The van der Waals surface area contributed by atoms with E-state index in [1.807, 2.05) is 17.9 Å². The number of para-hydroxylation sites is 1. The van der Waals surface area contributed by atoms with E-state index in [2.05, 4.69) is 4.90 Å². The number of piperazine rings is 1. The fourth-order valence-corrected chi connectivity index (χ4v) is 6.48. The Morgan fingerprint density at radius 2 is 1.83 bits per heavy atom. The van der Waals surface area contributed by atoms with Gasteiger partial charge in [0.2, 0.25) is 0 Å². The van der Waals surface area contributed by atoms with Crippen molar-refractivity contribution in [1.82, 2.24) is 9.47 Å². The van der Waals surface area contributed by atoms with Gasteiger partial charge in [-0.15, -0.1) is 0 Å². The second kappa shape index (κ2) is 13.3. The lowest BCUT2D eigenvalue weighted by Crippen LogP contribution is -2.49. The maximum atomic E-state index is 14.4. The highest BCUT2D eigenvalue weighted by molar-refractivity contribution is 8.26. The van der Waals surface area contributed by atoms with Crippen molar-refractivity contribution >= 4 is 57.8 Å². The minimum Gasteiger partial charge on any atom is -0.481 e. The molecule has 4 rings (SSSR count). The summed E-state index contributed by atoms with van der Waals surface area (Å²) in [5.74, 6) is -0.754. The molecule has 0 radical (unpaired) electrons. The summed E-state index contributed by atoms with van der Waals surface area (Å²) in [6.45, 7) is 6.36.